The molecule has 0 saturated carbocycles. The van der Waals surface area contributed by atoms with Crippen molar-refractivity contribution in [1.82, 2.24) is 10.6 Å². The summed E-state index contributed by atoms with van der Waals surface area (Å²) in [5, 5.41) is 5.25. The van der Waals surface area contributed by atoms with Gasteiger partial charge in [0.05, 0.1) is 6.54 Å². The standard InChI is InChI=1S/C11H23N3O2.ClH/c1-11(2,3)7-9(15)14-8-10(16)13-6-4-5-12;/h4-8,12H2,1-3H3,(H,13,16)(H,14,15);1H. The van der Waals surface area contributed by atoms with E-state index < -0.39 is 0 Å². The van der Waals surface area contributed by atoms with Crippen LogP contribution < -0.4 is 16.4 Å². The van der Waals surface area contributed by atoms with Crippen LogP contribution >= 0.6 is 12.4 Å². The van der Waals surface area contributed by atoms with Crippen LogP contribution in [-0.2, 0) is 9.59 Å². The lowest BCUT2D eigenvalue weighted by Gasteiger charge is -2.17. The third kappa shape index (κ3) is 13.1. The largest absolute Gasteiger partial charge is 0.355 e. The molecule has 5 nitrogen and oxygen atoms in total. The van der Waals surface area contributed by atoms with E-state index in [-0.39, 0.29) is 36.2 Å². The normalized spacial score (nSPS) is 10.4. The van der Waals surface area contributed by atoms with Gasteiger partial charge >= 0.3 is 0 Å². The van der Waals surface area contributed by atoms with Crippen molar-refractivity contribution in [2.75, 3.05) is 19.6 Å². The number of carbonyl (C=O) groups is 2. The van der Waals surface area contributed by atoms with Crippen LogP contribution in [0.25, 0.3) is 0 Å². The Balaban J connectivity index is 0. The molecule has 0 aromatic rings. The van der Waals surface area contributed by atoms with Gasteiger partial charge in [0.15, 0.2) is 0 Å². The third-order valence-corrected chi connectivity index (χ3v) is 1.84. The molecule has 0 fully saturated rings. The van der Waals surface area contributed by atoms with Crippen LogP contribution in [0.3, 0.4) is 0 Å². The Morgan fingerprint density at radius 2 is 1.71 bits per heavy atom. The van der Waals surface area contributed by atoms with Crippen molar-refractivity contribution in [1.29, 1.82) is 0 Å². The second-order valence-corrected chi connectivity index (χ2v) is 5.01. The van der Waals surface area contributed by atoms with Crippen LogP contribution in [0.1, 0.15) is 33.6 Å². The topological polar surface area (TPSA) is 84.2 Å². The highest BCUT2D eigenvalue weighted by Crippen LogP contribution is 2.17. The minimum Gasteiger partial charge on any atom is -0.355 e. The summed E-state index contributed by atoms with van der Waals surface area (Å²) in [6, 6.07) is 0. The van der Waals surface area contributed by atoms with E-state index >= 15 is 0 Å². The van der Waals surface area contributed by atoms with Crippen molar-refractivity contribution in [3.8, 4) is 0 Å². The fraction of sp³-hybridized carbons (Fsp3) is 0.818. The second-order valence-electron chi connectivity index (χ2n) is 5.01. The maximum absolute atomic E-state index is 11.4. The number of carbonyl (C=O) groups excluding carboxylic acids is 2. The highest BCUT2D eigenvalue weighted by Gasteiger charge is 2.16. The average molecular weight is 266 g/mol. The van der Waals surface area contributed by atoms with Crippen molar-refractivity contribution >= 4 is 24.2 Å². The van der Waals surface area contributed by atoms with Gasteiger partial charge in [0.25, 0.3) is 0 Å². The van der Waals surface area contributed by atoms with Crippen LogP contribution in [0, 0.1) is 5.41 Å². The summed E-state index contributed by atoms with van der Waals surface area (Å²) in [5.41, 5.74) is 5.23. The first-order valence-corrected chi connectivity index (χ1v) is 5.58. The van der Waals surface area contributed by atoms with Gasteiger partial charge in [-0.25, -0.2) is 0 Å². The van der Waals surface area contributed by atoms with Gasteiger partial charge in [-0.1, -0.05) is 20.8 Å². The van der Waals surface area contributed by atoms with E-state index in [4.69, 9.17) is 5.73 Å². The summed E-state index contributed by atoms with van der Waals surface area (Å²) < 4.78 is 0. The Kier molecular flexibility index (Phi) is 10.1. The van der Waals surface area contributed by atoms with Crippen molar-refractivity contribution < 1.29 is 9.59 Å². The van der Waals surface area contributed by atoms with Crippen molar-refractivity contribution in [3.63, 3.8) is 0 Å². The van der Waals surface area contributed by atoms with E-state index in [0.29, 0.717) is 19.5 Å². The minimum atomic E-state index is -0.171. The van der Waals surface area contributed by atoms with Crippen molar-refractivity contribution in [2.24, 2.45) is 11.1 Å². The number of amides is 2. The fourth-order valence-electron chi connectivity index (χ4n) is 1.12. The molecule has 0 aliphatic rings. The lowest BCUT2D eigenvalue weighted by Crippen LogP contribution is -2.38. The lowest BCUT2D eigenvalue weighted by atomic mass is 9.92. The average Bonchev–Trinajstić information content (AvgIpc) is 2.12. The predicted octanol–water partition coefficient (Wildman–Crippen LogP) is 0.426. The van der Waals surface area contributed by atoms with Gasteiger partial charge in [-0.2, -0.15) is 0 Å². The Bertz CT molecular complexity index is 239. The summed E-state index contributed by atoms with van der Waals surface area (Å²) in [7, 11) is 0. The van der Waals surface area contributed by atoms with Gasteiger partial charge in [0.2, 0.25) is 11.8 Å². The Morgan fingerprint density at radius 3 is 2.18 bits per heavy atom. The lowest BCUT2D eigenvalue weighted by molar-refractivity contribution is -0.127. The molecule has 0 atom stereocenters. The first-order chi connectivity index (χ1) is 7.35. The van der Waals surface area contributed by atoms with Crippen LogP contribution in [0.2, 0.25) is 0 Å². The van der Waals surface area contributed by atoms with E-state index in [1.165, 1.54) is 0 Å². The van der Waals surface area contributed by atoms with Gasteiger partial charge in [-0.05, 0) is 18.4 Å². The molecule has 0 bridgehead atoms. The molecule has 102 valence electrons. The maximum atomic E-state index is 11.4. The third-order valence-electron chi connectivity index (χ3n) is 1.84. The van der Waals surface area contributed by atoms with Crippen LogP contribution in [-0.4, -0.2) is 31.4 Å². The van der Waals surface area contributed by atoms with Gasteiger partial charge < -0.3 is 16.4 Å². The van der Waals surface area contributed by atoms with E-state index in [9.17, 15) is 9.59 Å². The summed E-state index contributed by atoms with van der Waals surface area (Å²) >= 11 is 0. The smallest absolute Gasteiger partial charge is 0.239 e. The molecular weight excluding hydrogens is 242 g/mol. The summed E-state index contributed by atoms with van der Waals surface area (Å²) in [6.45, 7) is 7.09. The number of rotatable bonds is 6. The van der Waals surface area contributed by atoms with E-state index in [1.54, 1.807) is 0 Å². The molecule has 0 aromatic heterocycles. The zero-order valence-corrected chi connectivity index (χ0v) is 11.7. The predicted molar refractivity (Wildman–Crippen MR) is 71.0 cm³/mol. The highest BCUT2D eigenvalue weighted by molar-refractivity contribution is 5.85. The molecule has 0 aromatic carbocycles. The Hall–Kier alpha value is -0.810. The molecule has 0 aliphatic heterocycles. The molecule has 2 amide bonds. The zero-order chi connectivity index (χ0) is 12.6. The quantitative estimate of drug-likeness (QED) is 0.609. The molecule has 0 spiro atoms. The van der Waals surface area contributed by atoms with E-state index in [1.807, 2.05) is 20.8 Å². The fourth-order valence-corrected chi connectivity index (χ4v) is 1.12. The first kappa shape index (κ1) is 18.6. The molecule has 0 unspecified atom stereocenters. The SMILES string of the molecule is CC(C)(C)CC(=O)NCC(=O)NCCCN.Cl. The molecule has 0 aliphatic carbocycles. The van der Waals surface area contributed by atoms with Gasteiger partial charge in [0, 0.05) is 13.0 Å². The van der Waals surface area contributed by atoms with Gasteiger partial charge in [-0.15, -0.1) is 12.4 Å². The number of nitrogens with two attached hydrogens (primary N) is 1. The Labute approximate surface area is 109 Å². The summed E-state index contributed by atoms with van der Waals surface area (Å²) in [5.74, 6) is -0.266. The van der Waals surface area contributed by atoms with Gasteiger partial charge in [-0.3, -0.25) is 9.59 Å². The number of hydrogen-bond acceptors (Lipinski definition) is 3. The zero-order valence-electron chi connectivity index (χ0n) is 10.8. The van der Waals surface area contributed by atoms with Crippen LogP contribution in [0.15, 0.2) is 0 Å². The molecule has 0 radical (unpaired) electrons. The molecule has 0 rings (SSSR count). The van der Waals surface area contributed by atoms with Crippen LogP contribution in [0.4, 0.5) is 0 Å². The monoisotopic (exact) mass is 265 g/mol. The second kappa shape index (κ2) is 9.24. The van der Waals surface area contributed by atoms with Crippen LogP contribution in [0.5, 0.6) is 0 Å². The molecule has 6 heteroatoms. The summed E-state index contributed by atoms with van der Waals surface area (Å²) in [4.78, 5) is 22.6. The van der Waals surface area contributed by atoms with Gasteiger partial charge in [0.1, 0.15) is 0 Å². The van der Waals surface area contributed by atoms with Crippen molar-refractivity contribution in [2.45, 2.75) is 33.6 Å². The summed E-state index contributed by atoms with van der Waals surface area (Å²) in [6.07, 6.45) is 1.17. The maximum Gasteiger partial charge on any atom is 0.239 e. The van der Waals surface area contributed by atoms with E-state index in [2.05, 4.69) is 10.6 Å². The highest BCUT2D eigenvalue weighted by atomic mass is 35.5. The van der Waals surface area contributed by atoms with Crippen molar-refractivity contribution in [3.05, 3.63) is 0 Å². The molecule has 0 heterocycles. The molecule has 0 saturated heterocycles. The van der Waals surface area contributed by atoms with E-state index in [0.717, 1.165) is 6.42 Å². The molecular formula is C11H24ClN3O2. The first-order valence-electron chi connectivity index (χ1n) is 5.58. The number of hydrogen-bond donors (Lipinski definition) is 3. The molecule has 4 N–H and O–H groups in total. The molecule has 17 heavy (non-hydrogen) atoms. The Morgan fingerprint density at radius 1 is 1.12 bits per heavy atom. The number of nitrogens with one attached hydrogen (secondary N) is 2. The number of halogens is 1. The minimum absolute atomic E-state index is 0.